The van der Waals surface area contributed by atoms with Gasteiger partial charge in [-0.15, -0.1) is 0 Å². The van der Waals surface area contributed by atoms with Gasteiger partial charge in [0.15, 0.2) is 0 Å². The quantitative estimate of drug-likeness (QED) is 0.698. The lowest BCUT2D eigenvalue weighted by molar-refractivity contribution is 0.387. The Labute approximate surface area is 183 Å². The second kappa shape index (κ2) is 7.63. The molecule has 0 radical (unpaired) electrons. The molecule has 1 aromatic heterocycles. The highest BCUT2D eigenvalue weighted by Crippen LogP contribution is 2.40. The summed E-state index contributed by atoms with van der Waals surface area (Å²) in [6.45, 7) is 4.63. The Balaban J connectivity index is 1.36. The van der Waals surface area contributed by atoms with Gasteiger partial charge in [0.05, 0.1) is 14.2 Å². The average Bonchev–Trinajstić information content (AvgIpc) is 3.47. The third-order valence-electron chi connectivity index (χ3n) is 6.76. The monoisotopic (exact) mass is 444 g/mol. The average molecular weight is 445 g/mol. The van der Waals surface area contributed by atoms with Crippen LogP contribution in [0, 0.1) is 18.8 Å². The molecule has 0 spiro atoms. The minimum Gasteiger partial charge on any atom is -0.497 e. The minimum absolute atomic E-state index is 0.162. The first kappa shape index (κ1) is 20.5. The number of anilines is 1. The maximum atomic E-state index is 13.4. The standard InChI is InChI=1S/C22H28N4O4S/c1-14-23-19-6-4-5-18(19)22(24-14)25-10-15-12-26(13-16(15)11-25)31(27,28)21-9-17(29-2)7-8-20(21)30-3/h7-9,15-16H,4-6,10-13H2,1-3H3. The molecular weight excluding hydrogens is 416 g/mol. The van der Waals surface area contributed by atoms with E-state index in [0.29, 0.717) is 36.4 Å². The lowest BCUT2D eigenvalue weighted by Gasteiger charge is -2.24. The minimum atomic E-state index is -3.67. The summed E-state index contributed by atoms with van der Waals surface area (Å²) in [6, 6.07) is 4.89. The number of aryl methyl sites for hydroxylation is 2. The third-order valence-corrected chi connectivity index (χ3v) is 8.62. The van der Waals surface area contributed by atoms with Crippen LogP contribution in [0.1, 0.15) is 23.5 Å². The number of sulfonamides is 1. The van der Waals surface area contributed by atoms with Crippen molar-refractivity contribution in [1.82, 2.24) is 14.3 Å². The molecule has 0 saturated carbocycles. The molecule has 2 aromatic rings. The van der Waals surface area contributed by atoms with Crippen LogP contribution in [0.4, 0.5) is 5.82 Å². The Hall–Kier alpha value is -2.39. The van der Waals surface area contributed by atoms with Gasteiger partial charge in [-0.05, 0) is 50.2 Å². The SMILES string of the molecule is COc1ccc(OC)c(S(=O)(=O)N2CC3CN(c4nc(C)nc5c4CCC5)CC3C2)c1. The zero-order valence-corrected chi connectivity index (χ0v) is 19.0. The van der Waals surface area contributed by atoms with Gasteiger partial charge in [0.1, 0.15) is 28.0 Å². The molecule has 5 rings (SSSR count). The lowest BCUT2D eigenvalue weighted by Crippen LogP contribution is -2.34. The van der Waals surface area contributed by atoms with Crippen LogP contribution in [-0.2, 0) is 22.9 Å². The molecule has 2 aliphatic heterocycles. The van der Waals surface area contributed by atoms with E-state index >= 15 is 0 Å². The van der Waals surface area contributed by atoms with E-state index < -0.39 is 10.0 Å². The fraction of sp³-hybridized carbons (Fsp3) is 0.545. The number of nitrogens with zero attached hydrogens (tertiary/aromatic N) is 4. The molecule has 2 unspecified atom stereocenters. The molecule has 9 heteroatoms. The van der Waals surface area contributed by atoms with E-state index in [2.05, 4.69) is 9.88 Å². The molecule has 1 aromatic carbocycles. The fourth-order valence-corrected chi connectivity index (χ4v) is 6.96. The molecule has 166 valence electrons. The molecule has 0 N–H and O–H groups in total. The Kier molecular flexibility index (Phi) is 5.05. The molecule has 0 bridgehead atoms. The highest BCUT2D eigenvalue weighted by Gasteiger charge is 2.45. The first-order chi connectivity index (χ1) is 14.9. The summed E-state index contributed by atoms with van der Waals surface area (Å²) >= 11 is 0. The lowest BCUT2D eigenvalue weighted by atomic mass is 10.0. The first-order valence-electron chi connectivity index (χ1n) is 10.7. The van der Waals surface area contributed by atoms with E-state index in [9.17, 15) is 8.42 Å². The van der Waals surface area contributed by atoms with Crippen molar-refractivity contribution in [1.29, 1.82) is 0 Å². The van der Waals surface area contributed by atoms with Gasteiger partial charge in [-0.2, -0.15) is 4.31 Å². The van der Waals surface area contributed by atoms with Crippen LogP contribution in [0.15, 0.2) is 23.1 Å². The molecule has 3 heterocycles. The molecule has 2 fully saturated rings. The van der Waals surface area contributed by atoms with Crippen molar-refractivity contribution in [2.75, 3.05) is 45.3 Å². The molecular formula is C22H28N4O4S. The molecule has 0 amide bonds. The Morgan fingerprint density at radius 2 is 1.74 bits per heavy atom. The van der Waals surface area contributed by atoms with Crippen LogP contribution in [0.3, 0.4) is 0 Å². The van der Waals surface area contributed by atoms with E-state index in [1.165, 1.54) is 25.5 Å². The maximum absolute atomic E-state index is 13.4. The van der Waals surface area contributed by atoms with Crippen LogP contribution >= 0.6 is 0 Å². The highest BCUT2D eigenvalue weighted by molar-refractivity contribution is 7.89. The first-order valence-corrected chi connectivity index (χ1v) is 12.2. The summed E-state index contributed by atoms with van der Waals surface area (Å²) in [5, 5.41) is 0. The van der Waals surface area contributed by atoms with Gasteiger partial charge in [0, 0.05) is 43.5 Å². The van der Waals surface area contributed by atoms with E-state index in [0.717, 1.165) is 44.0 Å². The van der Waals surface area contributed by atoms with E-state index in [4.69, 9.17) is 14.5 Å². The van der Waals surface area contributed by atoms with Crippen LogP contribution in [0.5, 0.6) is 11.5 Å². The summed E-state index contributed by atoms with van der Waals surface area (Å²) < 4.78 is 39.0. The summed E-state index contributed by atoms with van der Waals surface area (Å²) in [6.07, 6.45) is 3.20. The number of fused-ring (bicyclic) bond motifs is 2. The van der Waals surface area contributed by atoms with Crippen molar-refractivity contribution in [3.8, 4) is 11.5 Å². The van der Waals surface area contributed by atoms with Crippen LogP contribution in [0.2, 0.25) is 0 Å². The predicted molar refractivity (Wildman–Crippen MR) is 116 cm³/mol. The van der Waals surface area contributed by atoms with Crippen LogP contribution in [0.25, 0.3) is 0 Å². The molecule has 3 aliphatic rings. The summed E-state index contributed by atoms with van der Waals surface area (Å²) in [5.41, 5.74) is 2.48. The van der Waals surface area contributed by atoms with Crippen molar-refractivity contribution in [2.24, 2.45) is 11.8 Å². The normalized spacial score (nSPS) is 23.1. The fourth-order valence-electron chi connectivity index (χ4n) is 5.24. The van der Waals surface area contributed by atoms with Gasteiger partial charge in [-0.3, -0.25) is 0 Å². The number of ether oxygens (including phenoxy) is 2. The van der Waals surface area contributed by atoms with Gasteiger partial charge >= 0.3 is 0 Å². The van der Waals surface area contributed by atoms with Gasteiger partial charge in [-0.1, -0.05) is 0 Å². The molecule has 31 heavy (non-hydrogen) atoms. The highest BCUT2D eigenvalue weighted by atomic mass is 32.2. The zero-order valence-electron chi connectivity index (χ0n) is 18.2. The Morgan fingerprint density at radius 3 is 2.42 bits per heavy atom. The van der Waals surface area contributed by atoms with Crippen LogP contribution in [-0.4, -0.2) is 63.1 Å². The molecule has 8 nitrogen and oxygen atoms in total. The number of hydrogen-bond acceptors (Lipinski definition) is 7. The van der Waals surface area contributed by atoms with Crippen molar-refractivity contribution >= 4 is 15.8 Å². The van der Waals surface area contributed by atoms with Crippen molar-refractivity contribution in [2.45, 2.75) is 31.1 Å². The van der Waals surface area contributed by atoms with Gasteiger partial charge in [0.2, 0.25) is 10.0 Å². The predicted octanol–water partition coefficient (Wildman–Crippen LogP) is 2.05. The van der Waals surface area contributed by atoms with E-state index in [-0.39, 0.29) is 4.90 Å². The van der Waals surface area contributed by atoms with Gasteiger partial charge < -0.3 is 14.4 Å². The maximum Gasteiger partial charge on any atom is 0.246 e. The number of benzene rings is 1. The van der Waals surface area contributed by atoms with Gasteiger partial charge in [-0.25, -0.2) is 18.4 Å². The van der Waals surface area contributed by atoms with Crippen molar-refractivity contribution in [3.63, 3.8) is 0 Å². The molecule has 1 aliphatic carbocycles. The topological polar surface area (TPSA) is 84.9 Å². The summed E-state index contributed by atoms with van der Waals surface area (Å²) in [4.78, 5) is 11.9. The number of rotatable bonds is 5. The third kappa shape index (κ3) is 3.43. The number of methoxy groups -OCH3 is 2. The molecule has 2 saturated heterocycles. The smallest absolute Gasteiger partial charge is 0.246 e. The second-order valence-corrected chi connectivity index (χ2v) is 10.5. The molecule has 2 atom stereocenters. The van der Waals surface area contributed by atoms with E-state index in [1.54, 1.807) is 22.5 Å². The summed E-state index contributed by atoms with van der Waals surface area (Å²) in [5.74, 6) is 3.31. The Bertz CT molecular complexity index is 1110. The zero-order chi connectivity index (χ0) is 21.8. The number of aromatic nitrogens is 2. The Morgan fingerprint density at radius 1 is 1.00 bits per heavy atom. The van der Waals surface area contributed by atoms with Crippen molar-refractivity contribution in [3.05, 3.63) is 35.3 Å². The summed E-state index contributed by atoms with van der Waals surface area (Å²) in [7, 11) is -0.658. The van der Waals surface area contributed by atoms with Crippen molar-refractivity contribution < 1.29 is 17.9 Å². The van der Waals surface area contributed by atoms with E-state index in [1.807, 2.05) is 6.92 Å². The largest absolute Gasteiger partial charge is 0.497 e. The van der Waals surface area contributed by atoms with Crippen LogP contribution < -0.4 is 14.4 Å². The second-order valence-electron chi connectivity index (χ2n) is 8.64. The van der Waals surface area contributed by atoms with Gasteiger partial charge in [0.25, 0.3) is 0 Å². The number of hydrogen-bond donors (Lipinski definition) is 0.